The second-order valence-electron chi connectivity index (χ2n) is 5.50. The second kappa shape index (κ2) is 6.63. The molecule has 0 aliphatic rings. The van der Waals surface area contributed by atoms with Crippen LogP contribution in [0.25, 0.3) is 16.9 Å². The zero-order chi connectivity index (χ0) is 17.9. The molecule has 0 aliphatic heterocycles. The van der Waals surface area contributed by atoms with Crippen LogP contribution in [0, 0.1) is 6.92 Å². The van der Waals surface area contributed by atoms with E-state index in [2.05, 4.69) is 30.4 Å². The number of aromatic nitrogens is 6. The fourth-order valence-electron chi connectivity index (χ4n) is 2.44. The number of imidazole rings is 1. The molecule has 9 nitrogen and oxygen atoms in total. The molecule has 4 rings (SSSR count). The molecule has 0 atom stereocenters. The fraction of sp³-hybridized carbons (Fsp3) is 0.118. The molecule has 0 saturated heterocycles. The van der Waals surface area contributed by atoms with Crippen LogP contribution in [0.4, 0.5) is 5.95 Å². The van der Waals surface area contributed by atoms with Gasteiger partial charge in [-0.1, -0.05) is 12.1 Å². The standard InChI is InChI=1S/C17H15N7O2/c1-11-19-14(24-8-4-7-18-24)9-16(20-11)26-10-15(25)23-17-21-12-5-2-3-6-13(12)22-17/h2-9H,10H2,1H3,(H2,21,22,23,25). The molecule has 0 spiro atoms. The number of H-pyrrole nitrogens is 1. The SMILES string of the molecule is Cc1nc(OCC(=O)Nc2nc3ccccc3[nH]2)cc(-n2cccn2)n1. The Morgan fingerprint density at radius 1 is 1.23 bits per heavy atom. The number of benzene rings is 1. The van der Waals surface area contributed by atoms with Gasteiger partial charge in [0, 0.05) is 18.5 Å². The molecule has 4 aromatic rings. The third-order valence-corrected chi connectivity index (χ3v) is 3.54. The number of anilines is 1. The van der Waals surface area contributed by atoms with E-state index in [0.29, 0.717) is 23.5 Å². The minimum Gasteiger partial charge on any atom is -0.467 e. The highest BCUT2D eigenvalue weighted by molar-refractivity contribution is 5.92. The van der Waals surface area contributed by atoms with Crippen molar-refractivity contribution in [3.8, 4) is 11.7 Å². The lowest BCUT2D eigenvalue weighted by Gasteiger charge is -2.08. The quantitative estimate of drug-likeness (QED) is 0.569. The highest BCUT2D eigenvalue weighted by Gasteiger charge is 2.10. The van der Waals surface area contributed by atoms with Gasteiger partial charge in [-0.2, -0.15) is 10.1 Å². The summed E-state index contributed by atoms with van der Waals surface area (Å²) in [6.07, 6.45) is 3.42. The van der Waals surface area contributed by atoms with Crippen molar-refractivity contribution in [2.45, 2.75) is 6.92 Å². The number of amides is 1. The zero-order valence-corrected chi connectivity index (χ0v) is 13.9. The average molecular weight is 349 g/mol. The van der Waals surface area contributed by atoms with Crippen LogP contribution in [-0.4, -0.2) is 42.2 Å². The van der Waals surface area contributed by atoms with Crippen LogP contribution in [0.5, 0.6) is 5.88 Å². The highest BCUT2D eigenvalue weighted by atomic mass is 16.5. The number of fused-ring (bicyclic) bond motifs is 1. The lowest BCUT2D eigenvalue weighted by molar-refractivity contribution is -0.118. The molecule has 3 aromatic heterocycles. The van der Waals surface area contributed by atoms with Crippen molar-refractivity contribution in [2.24, 2.45) is 0 Å². The average Bonchev–Trinajstić information content (AvgIpc) is 3.28. The summed E-state index contributed by atoms with van der Waals surface area (Å²) in [6.45, 7) is 1.54. The van der Waals surface area contributed by atoms with E-state index in [1.54, 1.807) is 36.1 Å². The number of hydrogen-bond donors (Lipinski definition) is 2. The van der Waals surface area contributed by atoms with Crippen LogP contribution in [0.1, 0.15) is 5.82 Å². The van der Waals surface area contributed by atoms with Crippen molar-refractivity contribution in [2.75, 3.05) is 11.9 Å². The van der Waals surface area contributed by atoms with Crippen molar-refractivity contribution in [1.82, 2.24) is 29.7 Å². The molecule has 26 heavy (non-hydrogen) atoms. The summed E-state index contributed by atoms with van der Waals surface area (Å²) in [7, 11) is 0. The molecule has 3 heterocycles. The summed E-state index contributed by atoms with van der Waals surface area (Å²) in [5, 5.41) is 6.79. The number of aromatic amines is 1. The number of nitrogens with one attached hydrogen (secondary N) is 2. The predicted octanol–water partition coefficient (Wildman–Crippen LogP) is 1.86. The highest BCUT2D eigenvalue weighted by Crippen LogP contribution is 2.14. The van der Waals surface area contributed by atoms with Gasteiger partial charge in [0.15, 0.2) is 12.4 Å². The summed E-state index contributed by atoms with van der Waals surface area (Å²) in [5.41, 5.74) is 1.62. The van der Waals surface area contributed by atoms with Gasteiger partial charge in [-0.05, 0) is 25.1 Å². The first-order valence-electron chi connectivity index (χ1n) is 7.90. The van der Waals surface area contributed by atoms with Crippen LogP contribution < -0.4 is 10.1 Å². The first-order valence-corrected chi connectivity index (χ1v) is 7.90. The lowest BCUT2D eigenvalue weighted by atomic mass is 10.3. The summed E-state index contributed by atoms with van der Waals surface area (Å²) in [5.74, 6) is 1.40. The zero-order valence-electron chi connectivity index (χ0n) is 13.9. The van der Waals surface area contributed by atoms with Gasteiger partial charge >= 0.3 is 0 Å². The first kappa shape index (κ1) is 15.8. The van der Waals surface area contributed by atoms with E-state index in [0.717, 1.165) is 11.0 Å². The maximum atomic E-state index is 12.1. The number of carbonyl (C=O) groups is 1. The molecule has 1 amide bonds. The Bertz CT molecular complexity index is 1020. The molecule has 9 heteroatoms. The molecular formula is C17H15N7O2. The fourth-order valence-corrected chi connectivity index (χ4v) is 2.44. The van der Waals surface area contributed by atoms with Crippen LogP contribution in [-0.2, 0) is 4.79 Å². The van der Waals surface area contributed by atoms with Crippen molar-refractivity contribution in [3.05, 3.63) is 54.6 Å². The van der Waals surface area contributed by atoms with E-state index < -0.39 is 0 Å². The molecule has 0 fully saturated rings. The number of nitrogens with zero attached hydrogens (tertiary/aromatic N) is 5. The molecule has 0 radical (unpaired) electrons. The Morgan fingerprint density at radius 3 is 2.92 bits per heavy atom. The third kappa shape index (κ3) is 3.36. The van der Waals surface area contributed by atoms with E-state index in [1.807, 2.05) is 24.3 Å². The first-order chi connectivity index (χ1) is 12.7. The Labute approximate surface area is 148 Å². The predicted molar refractivity (Wildman–Crippen MR) is 94.1 cm³/mol. The summed E-state index contributed by atoms with van der Waals surface area (Å²) >= 11 is 0. The normalized spacial score (nSPS) is 10.8. The Kier molecular flexibility index (Phi) is 4.02. The number of aryl methyl sites for hydroxylation is 1. The molecule has 130 valence electrons. The van der Waals surface area contributed by atoms with Crippen molar-refractivity contribution in [3.63, 3.8) is 0 Å². The van der Waals surface area contributed by atoms with E-state index in [4.69, 9.17) is 4.74 Å². The second-order valence-corrected chi connectivity index (χ2v) is 5.50. The van der Waals surface area contributed by atoms with Crippen LogP contribution >= 0.6 is 0 Å². The molecule has 0 saturated carbocycles. The Hall–Kier alpha value is -3.75. The minimum absolute atomic E-state index is 0.202. The Balaban J connectivity index is 1.42. The molecular weight excluding hydrogens is 334 g/mol. The number of hydrogen-bond acceptors (Lipinski definition) is 6. The summed E-state index contributed by atoms with van der Waals surface area (Å²) in [6, 6.07) is 10.9. The summed E-state index contributed by atoms with van der Waals surface area (Å²) in [4.78, 5) is 27.9. The smallest absolute Gasteiger partial charge is 0.264 e. The van der Waals surface area contributed by atoms with Crippen molar-refractivity contribution >= 4 is 22.9 Å². The molecule has 0 bridgehead atoms. The number of para-hydroxylation sites is 2. The van der Waals surface area contributed by atoms with Crippen LogP contribution in [0.2, 0.25) is 0 Å². The Morgan fingerprint density at radius 2 is 2.12 bits per heavy atom. The van der Waals surface area contributed by atoms with Crippen LogP contribution in [0.15, 0.2) is 48.8 Å². The van der Waals surface area contributed by atoms with E-state index in [1.165, 1.54) is 0 Å². The maximum Gasteiger partial charge on any atom is 0.264 e. The van der Waals surface area contributed by atoms with Crippen LogP contribution in [0.3, 0.4) is 0 Å². The molecule has 2 N–H and O–H groups in total. The van der Waals surface area contributed by atoms with Gasteiger partial charge < -0.3 is 9.72 Å². The van der Waals surface area contributed by atoms with Gasteiger partial charge in [0.1, 0.15) is 5.82 Å². The van der Waals surface area contributed by atoms with Crippen molar-refractivity contribution < 1.29 is 9.53 Å². The monoisotopic (exact) mass is 349 g/mol. The van der Waals surface area contributed by atoms with E-state index >= 15 is 0 Å². The topological polar surface area (TPSA) is 111 Å². The van der Waals surface area contributed by atoms with E-state index in [-0.39, 0.29) is 12.5 Å². The van der Waals surface area contributed by atoms with Gasteiger partial charge in [0.25, 0.3) is 5.91 Å². The molecule has 1 aromatic carbocycles. The minimum atomic E-state index is -0.346. The number of ether oxygens (including phenoxy) is 1. The molecule has 0 unspecified atom stereocenters. The largest absolute Gasteiger partial charge is 0.467 e. The maximum absolute atomic E-state index is 12.1. The van der Waals surface area contributed by atoms with Gasteiger partial charge in [-0.15, -0.1) is 0 Å². The van der Waals surface area contributed by atoms with Gasteiger partial charge in [0.05, 0.1) is 11.0 Å². The third-order valence-electron chi connectivity index (χ3n) is 3.54. The molecule has 0 aliphatic carbocycles. The van der Waals surface area contributed by atoms with Crippen molar-refractivity contribution in [1.29, 1.82) is 0 Å². The summed E-state index contributed by atoms with van der Waals surface area (Å²) < 4.78 is 7.08. The number of rotatable bonds is 5. The van der Waals surface area contributed by atoms with E-state index in [9.17, 15) is 4.79 Å². The van der Waals surface area contributed by atoms with Gasteiger partial charge in [-0.3, -0.25) is 10.1 Å². The van der Waals surface area contributed by atoms with Gasteiger partial charge in [0.2, 0.25) is 11.8 Å². The number of carbonyl (C=O) groups excluding carboxylic acids is 1. The van der Waals surface area contributed by atoms with Gasteiger partial charge in [-0.25, -0.2) is 14.6 Å². The lowest BCUT2D eigenvalue weighted by Crippen LogP contribution is -2.21.